The van der Waals surface area contributed by atoms with Gasteiger partial charge in [-0.05, 0) is 24.7 Å². The third-order valence-electron chi connectivity index (χ3n) is 4.21. The van der Waals surface area contributed by atoms with Crippen LogP contribution in [-0.2, 0) is 0 Å². The summed E-state index contributed by atoms with van der Waals surface area (Å²) in [5, 5.41) is 3.60. The molecule has 0 saturated carbocycles. The summed E-state index contributed by atoms with van der Waals surface area (Å²) < 4.78 is 0. The normalized spacial score (nSPS) is 15.2. The zero-order valence-corrected chi connectivity index (χ0v) is 15.4. The molecule has 2 aromatic rings. The second kappa shape index (κ2) is 7.99. The maximum absolute atomic E-state index is 12.4. The van der Waals surface area contributed by atoms with Crippen molar-refractivity contribution in [2.45, 2.75) is 6.92 Å². The van der Waals surface area contributed by atoms with Crippen LogP contribution in [0.1, 0.15) is 17.4 Å². The van der Waals surface area contributed by atoms with Gasteiger partial charge in [0.15, 0.2) is 0 Å². The van der Waals surface area contributed by atoms with Crippen molar-refractivity contribution in [3.63, 3.8) is 0 Å². The second-order valence-corrected chi connectivity index (χ2v) is 6.58. The number of halogens is 2. The summed E-state index contributed by atoms with van der Waals surface area (Å²) >= 11 is 11.9. The molecule has 1 aromatic carbocycles. The molecule has 1 amide bonds. The van der Waals surface area contributed by atoms with Crippen LogP contribution in [0.25, 0.3) is 0 Å². The lowest BCUT2D eigenvalue weighted by Gasteiger charge is -2.34. The highest BCUT2D eigenvalue weighted by atomic mass is 35.5. The van der Waals surface area contributed by atoms with Gasteiger partial charge in [-0.2, -0.15) is 0 Å². The van der Waals surface area contributed by atoms with Crippen molar-refractivity contribution < 1.29 is 4.79 Å². The fourth-order valence-corrected chi connectivity index (χ4v) is 3.00. The Balaban J connectivity index is 1.70. The van der Waals surface area contributed by atoms with E-state index >= 15 is 0 Å². The first kappa shape index (κ1) is 17.9. The number of rotatable bonds is 4. The van der Waals surface area contributed by atoms with Crippen molar-refractivity contribution in [1.29, 1.82) is 0 Å². The van der Waals surface area contributed by atoms with Gasteiger partial charge in [-0.1, -0.05) is 30.1 Å². The first-order valence-corrected chi connectivity index (χ1v) is 8.88. The van der Waals surface area contributed by atoms with E-state index in [1.165, 1.54) is 6.33 Å². The van der Waals surface area contributed by atoms with E-state index in [0.29, 0.717) is 21.4 Å². The topological polar surface area (TPSA) is 61.4 Å². The molecule has 0 bridgehead atoms. The Morgan fingerprint density at radius 3 is 2.56 bits per heavy atom. The molecule has 1 N–H and O–H groups in total. The third-order valence-corrected chi connectivity index (χ3v) is 4.95. The maximum Gasteiger partial charge on any atom is 0.274 e. The Morgan fingerprint density at radius 2 is 1.88 bits per heavy atom. The quantitative estimate of drug-likeness (QED) is 0.883. The van der Waals surface area contributed by atoms with E-state index in [1.54, 1.807) is 24.3 Å². The number of anilines is 2. The minimum atomic E-state index is -0.311. The lowest BCUT2D eigenvalue weighted by Crippen LogP contribution is -2.46. The Labute approximate surface area is 156 Å². The Bertz CT molecular complexity index is 762. The summed E-state index contributed by atoms with van der Waals surface area (Å²) in [6.45, 7) is 6.97. The smallest absolute Gasteiger partial charge is 0.274 e. The van der Waals surface area contributed by atoms with Crippen molar-refractivity contribution in [1.82, 2.24) is 14.9 Å². The van der Waals surface area contributed by atoms with Gasteiger partial charge >= 0.3 is 0 Å². The SMILES string of the molecule is CCN1CCN(c2cc(C(=O)Nc3ccc(Cl)c(Cl)c3)ncn2)CC1. The largest absolute Gasteiger partial charge is 0.354 e. The van der Waals surface area contributed by atoms with Gasteiger partial charge in [0.25, 0.3) is 5.91 Å². The number of aromatic nitrogens is 2. The summed E-state index contributed by atoms with van der Waals surface area (Å²) in [6, 6.07) is 6.65. The van der Waals surface area contributed by atoms with Crippen LogP contribution >= 0.6 is 23.2 Å². The molecule has 132 valence electrons. The Morgan fingerprint density at radius 1 is 1.12 bits per heavy atom. The van der Waals surface area contributed by atoms with Crippen molar-refractivity contribution in [3.05, 3.63) is 46.3 Å². The first-order valence-electron chi connectivity index (χ1n) is 8.12. The fraction of sp³-hybridized carbons (Fsp3) is 0.353. The van der Waals surface area contributed by atoms with Crippen LogP contribution in [0.5, 0.6) is 0 Å². The second-order valence-electron chi connectivity index (χ2n) is 5.77. The van der Waals surface area contributed by atoms with E-state index in [2.05, 4.69) is 32.0 Å². The average molecular weight is 380 g/mol. The monoisotopic (exact) mass is 379 g/mol. The molecule has 1 saturated heterocycles. The molecular weight excluding hydrogens is 361 g/mol. The fourth-order valence-electron chi connectivity index (χ4n) is 2.71. The van der Waals surface area contributed by atoms with Gasteiger partial charge in [0, 0.05) is 37.9 Å². The minimum Gasteiger partial charge on any atom is -0.354 e. The predicted octanol–water partition coefficient (Wildman–Crippen LogP) is 3.18. The number of amides is 1. The Hall–Kier alpha value is -1.89. The third kappa shape index (κ3) is 4.39. The lowest BCUT2D eigenvalue weighted by atomic mass is 10.2. The number of nitrogens with zero attached hydrogens (tertiary/aromatic N) is 4. The van der Waals surface area contributed by atoms with Crippen molar-refractivity contribution in [2.24, 2.45) is 0 Å². The van der Waals surface area contributed by atoms with Crippen LogP contribution in [0.15, 0.2) is 30.6 Å². The van der Waals surface area contributed by atoms with Gasteiger partial charge in [0.05, 0.1) is 10.0 Å². The number of carbonyl (C=O) groups excluding carboxylic acids is 1. The van der Waals surface area contributed by atoms with Gasteiger partial charge in [0.2, 0.25) is 0 Å². The number of carbonyl (C=O) groups is 1. The molecule has 25 heavy (non-hydrogen) atoms. The summed E-state index contributed by atoms with van der Waals surface area (Å²) in [7, 11) is 0. The van der Waals surface area contributed by atoms with Crippen molar-refractivity contribution >= 4 is 40.6 Å². The van der Waals surface area contributed by atoms with Gasteiger partial charge in [-0.3, -0.25) is 4.79 Å². The van der Waals surface area contributed by atoms with Crippen LogP contribution in [0.2, 0.25) is 10.0 Å². The van der Waals surface area contributed by atoms with Crippen molar-refractivity contribution in [2.75, 3.05) is 42.9 Å². The Kier molecular flexibility index (Phi) is 5.73. The molecule has 2 heterocycles. The predicted molar refractivity (Wildman–Crippen MR) is 101 cm³/mol. The standard InChI is InChI=1S/C17H19Cl2N5O/c1-2-23-5-7-24(8-6-23)16-10-15(20-11-21-16)17(25)22-12-3-4-13(18)14(19)9-12/h3-4,9-11H,2,5-8H2,1H3,(H,22,25). The highest BCUT2D eigenvalue weighted by molar-refractivity contribution is 6.42. The van der Waals surface area contributed by atoms with Gasteiger partial charge in [-0.25, -0.2) is 9.97 Å². The van der Waals surface area contributed by atoms with E-state index in [4.69, 9.17) is 23.2 Å². The molecule has 1 fully saturated rings. The zero-order chi connectivity index (χ0) is 17.8. The molecule has 1 aromatic heterocycles. The van der Waals surface area contributed by atoms with Crippen molar-refractivity contribution in [3.8, 4) is 0 Å². The molecule has 8 heteroatoms. The minimum absolute atomic E-state index is 0.311. The first-order chi connectivity index (χ1) is 12.1. The number of nitrogens with one attached hydrogen (secondary N) is 1. The van der Waals surface area contributed by atoms with Gasteiger partial charge in [0.1, 0.15) is 17.8 Å². The molecule has 0 radical (unpaired) electrons. The maximum atomic E-state index is 12.4. The van der Waals surface area contributed by atoms with Crippen LogP contribution in [0.3, 0.4) is 0 Å². The molecular formula is C17H19Cl2N5O. The molecule has 0 atom stereocenters. The summed E-state index contributed by atoms with van der Waals surface area (Å²) in [4.78, 5) is 25.4. The summed E-state index contributed by atoms with van der Waals surface area (Å²) in [6.07, 6.45) is 1.42. The number of hydrogen-bond acceptors (Lipinski definition) is 5. The molecule has 0 spiro atoms. The van der Waals surface area contributed by atoms with Crippen LogP contribution in [0.4, 0.5) is 11.5 Å². The number of benzene rings is 1. The van der Waals surface area contributed by atoms with E-state index in [9.17, 15) is 4.79 Å². The van der Waals surface area contributed by atoms with E-state index < -0.39 is 0 Å². The number of piperazine rings is 1. The van der Waals surface area contributed by atoms with Crippen LogP contribution in [0, 0.1) is 0 Å². The molecule has 6 nitrogen and oxygen atoms in total. The lowest BCUT2D eigenvalue weighted by molar-refractivity contribution is 0.102. The highest BCUT2D eigenvalue weighted by Crippen LogP contribution is 2.25. The molecule has 1 aliphatic heterocycles. The summed E-state index contributed by atoms with van der Waals surface area (Å²) in [5.41, 5.74) is 0.880. The molecule has 1 aliphatic rings. The van der Waals surface area contributed by atoms with E-state index in [-0.39, 0.29) is 5.91 Å². The van der Waals surface area contributed by atoms with Crippen LogP contribution in [-0.4, -0.2) is 53.5 Å². The van der Waals surface area contributed by atoms with Gasteiger partial charge in [-0.15, -0.1) is 0 Å². The molecule has 0 aliphatic carbocycles. The zero-order valence-electron chi connectivity index (χ0n) is 13.9. The van der Waals surface area contributed by atoms with E-state index in [0.717, 1.165) is 38.5 Å². The molecule has 3 rings (SSSR count). The number of likely N-dealkylation sites (N-methyl/N-ethyl adjacent to an activating group) is 1. The van der Waals surface area contributed by atoms with E-state index in [1.807, 2.05) is 0 Å². The van der Waals surface area contributed by atoms with Crippen LogP contribution < -0.4 is 10.2 Å². The van der Waals surface area contributed by atoms with Gasteiger partial charge < -0.3 is 15.1 Å². The molecule has 0 unspecified atom stereocenters. The average Bonchev–Trinajstić information content (AvgIpc) is 2.65. The number of hydrogen-bond donors (Lipinski definition) is 1. The summed E-state index contributed by atoms with van der Waals surface area (Å²) in [5.74, 6) is 0.458. The highest BCUT2D eigenvalue weighted by Gasteiger charge is 2.18.